The number of carbonyl (C=O) groups excluding carboxylic acids is 1. The first kappa shape index (κ1) is 18.6. The molecule has 5 nitrogen and oxygen atoms in total. The minimum Gasteiger partial charge on any atom is -0.379 e. The molecule has 1 fully saturated rings. The minimum atomic E-state index is -0.351. The molecule has 0 radical (unpaired) electrons. The molecule has 0 bridgehead atoms. The van der Waals surface area contributed by atoms with Gasteiger partial charge in [0.15, 0.2) is 0 Å². The second kappa shape index (κ2) is 8.04. The number of rotatable bonds is 5. The van der Waals surface area contributed by atoms with Gasteiger partial charge >= 0.3 is 0 Å². The predicted molar refractivity (Wildman–Crippen MR) is 77.5 cm³/mol. The maximum atomic E-state index is 11.9. The first-order chi connectivity index (χ1) is 8.38. The molecule has 0 aromatic carbocycles. The number of nitrogens with two attached hydrogens (primary N) is 1. The summed E-state index contributed by atoms with van der Waals surface area (Å²) >= 11 is 0. The molecule has 0 aliphatic carbocycles. The van der Waals surface area contributed by atoms with E-state index in [1.807, 2.05) is 0 Å². The summed E-state index contributed by atoms with van der Waals surface area (Å²) in [6.45, 7) is 7.25. The van der Waals surface area contributed by atoms with E-state index in [0.29, 0.717) is 13.1 Å². The number of nitrogens with one attached hydrogen (secondary N) is 1. The van der Waals surface area contributed by atoms with Gasteiger partial charge in [0, 0.05) is 20.2 Å². The normalized spacial score (nSPS) is 24.7. The Labute approximate surface area is 122 Å². The Bertz CT molecular complexity index is 282. The van der Waals surface area contributed by atoms with E-state index in [-0.39, 0.29) is 42.0 Å². The third-order valence-electron chi connectivity index (χ3n) is 3.38. The monoisotopic (exact) mass is 294 g/mol. The number of methoxy groups -OCH3 is 1. The predicted octanol–water partition coefficient (Wildman–Crippen LogP) is 1.09. The van der Waals surface area contributed by atoms with Crippen LogP contribution in [0.15, 0.2) is 0 Å². The van der Waals surface area contributed by atoms with E-state index in [1.165, 1.54) is 0 Å². The van der Waals surface area contributed by atoms with Crippen LogP contribution < -0.4 is 11.1 Å². The van der Waals surface area contributed by atoms with Gasteiger partial charge in [-0.25, -0.2) is 0 Å². The lowest BCUT2D eigenvalue weighted by molar-refractivity contribution is -0.132. The lowest BCUT2D eigenvalue weighted by Crippen LogP contribution is -2.44. The first-order valence-corrected chi connectivity index (χ1v) is 6.54. The topological polar surface area (TPSA) is 73.6 Å². The third-order valence-corrected chi connectivity index (χ3v) is 3.38. The van der Waals surface area contributed by atoms with E-state index < -0.39 is 0 Å². The first-order valence-electron chi connectivity index (χ1n) is 6.54. The zero-order valence-electron chi connectivity index (χ0n) is 12.3. The molecule has 0 saturated carbocycles. The van der Waals surface area contributed by atoms with E-state index in [2.05, 4.69) is 26.1 Å². The number of ether oxygens (including phenoxy) is 2. The molecule has 0 aromatic rings. The van der Waals surface area contributed by atoms with Crippen molar-refractivity contribution in [2.45, 2.75) is 51.9 Å². The maximum Gasteiger partial charge on any atom is 0.249 e. The standard InChI is InChI=1S/C13H26N2O3.ClH/c1-13(2,3)11(17-4)8-15-12(16)10-6-5-9(7-14)18-10;/h9-11H,5-8,14H2,1-4H3,(H,15,16);1H/t9-,10+,11?;/m1./s1. The number of halogens is 1. The summed E-state index contributed by atoms with van der Waals surface area (Å²) in [6.07, 6.45) is 1.29. The summed E-state index contributed by atoms with van der Waals surface area (Å²) in [5.74, 6) is -0.0581. The highest BCUT2D eigenvalue weighted by atomic mass is 35.5. The maximum absolute atomic E-state index is 11.9. The SMILES string of the molecule is COC(CNC(=O)[C@@H]1CC[C@H](CN)O1)C(C)(C)C.Cl. The highest BCUT2D eigenvalue weighted by Crippen LogP contribution is 2.22. The van der Waals surface area contributed by atoms with Crippen LogP contribution in [-0.4, -0.2) is 44.4 Å². The minimum absolute atomic E-state index is 0. The molecule has 6 heteroatoms. The highest BCUT2D eigenvalue weighted by molar-refractivity contribution is 5.85. The van der Waals surface area contributed by atoms with E-state index >= 15 is 0 Å². The van der Waals surface area contributed by atoms with Crippen LogP contribution in [0.25, 0.3) is 0 Å². The Hall–Kier alpha value is -0.360. The van der Waals surface area contributed by atoms with Crippen molar-refractivity contribution in [1.29, 1.82) is 0 Å². The van der Waals surface area contributed by atoms with Gasteiger partial charge in [0.2, 0.25) is 5.91 Å². The molecule has 1 amide bonds. The Balaban J connectivity index is 0.00000324. The lowest BCUT2D eigenvalue weighted by Gasteiger charge is -2.29. The highest BCUT2D eigenvalue weighted by Gasteiger charge is 2.31. The molecule has 0 aromatic heterocycles. The zero-order valence-corrected chi connectivity index (χ0v) is 13.1. The van der Waals surface area contributed by atoms with Crippen LogP contribution in [0, 0.1) is 5.41 Å². The average molecular weight is 295 g/mol. The van der Waals surface area contributed by atoms with Crippen molar-refractivity contribution < 1.29 is 14.3 Å². The van der Waals surface area contributed by atoms with E-state index in [0.717, 1.165) is 12.8 Å². The number of amides is 1. The summed E-state index contributed by atoms with van der Waals surface area (Å²) in [5.41, 5.74) is 5.52. The van der Waals surface area contributed by atoms with Crippen molar-refractivity contribution >= 4 is 18.3 Å². The molecular weight excluding hydrogens is 268 g/mol. The van der Waals surface area contributed by atoms with Crippen LogP contribution >= 0.6 is 12.4 Å². The molecular formula is C13H27ClN2O3. The van der Waals surface area contributed by atoms with Gasteiger partial charge < -0.3 is 20.5 Å². The van der Waals surface area contributed by atoms with Crippen LogP contribution in [0.1, 0.15) is 33.6 Å². The quantitative estimate of drug-likeness (QED) is 0.796. The molecule has 1 heterocycles. The molecule has 3 atom stereocenters. The molecule has 0 spiro atoms. The van der Waals surface area contributed by atoms with Crippen LogP contribution in [0.2, 0.25) is 0 Å². The largest absolute Gasteiger partial charge is 0.379 e. The molecule has 114 valence electrons. The summed E-state index contributed by atoms with van der Waals surface area (Å²) in [5, 5.41) is 2.90. The van der Waals surface area contributed by atoms with Crippen molar-refractivity contribution in [3.63, 3.8) is 0 Å². The van der Waals surface area contributed by atoms with Crippen LogP contribution in [0.3, 0.4) is 0 Å². The van der Waals surface area contributed by atoms with Gasteiger partial charge in [-0.05, 0) is 18.3 Å². The van der Waals surface area contributed by atoms with Crippen molar-refractivity contribution in [1.82, 2.24) is 5.32 Å². The summed E-state index contributed by atoms with van der Waals surface area (Å²) < 4.78 is 10.9. The third kappa shape index (κ3) is 5.65. The van der Waals surface area contributed by atoms with Crippen molar-refractivity contribution in [2.24, 2.45) is 11.1 Å². The van der Waals surface area contributed by atoms with Gasteiger partial charge in [0.1, 0.15) is 6.10 Å². The number of hydrogen-bond donors (Lipinski definition) is 2. The molecule has 1 saturated heterocycles. The van der Waals surface area contributed by atoms with E-state index in [1.54, 1.807) is 7.11 Å². The Kier molecular flexibility index (Phi) is 7.89. The van der Waals surface area contributed by atoms with E-state index in [9.17, 15) is 4.79 Å². The zero-order chi connectivity index (χ0) is 13.8. The number of carbonyl (C=O) groups is 1. The summed E-state index contributed by atoms with van der Waals surface area (Å²) in [7, 11) is 1.67. The van der Waals surface area contributed by atoms with Gasteiger partial charge in [-0.2, -0.15) is 0 Å². The van der Waals surface area contributed by atoms with Crippen molar-refractivity contribution in [3.05, 3.63) is 0 Å². The van der Waals surface area contributed by atoms with Gasteiger partial charge in [0.05, 0.1) is 12.2 Å². The second-order valence-electron chi connectivity index (χ2n) is 5.90. The van der Waals surface area contributed by atoms with Crippen LogP contribution in [-0.2, 0) is 14.3 Å². The summed E-state index contributed by atoms with van der Waals surface area (Å²) in [6, 6.07) is 0. The van der Waals surface area contributed by atoms with Gasteiger partial charge in [-0.3, -0.25) is 4.79 Å². The molecule has 1 unspecified atom stereocenters. The van der Waals surface area contributed by atoms with Gasteiger partial charge in [-0.15, -0.1) is 12.4 Å². The molecule has 3 N–H and O–H groups in total. The fourth-order valence-corrected chi connectivity index (χ4v) is 2.12. The molecule has 1 aliphatic rings. The van der Waals surface area contributed by atoms with Gasteiger partial charge in [-0.1, -0.05) is 20.8 Å². The Morgan fingerprint density at radius 3 is 2.53 bits per heavy atom. The average Bonchev–Trinajstić information content (AvgIpc) is 2.76. The Morgan fingerprint density at radius 2 is 2.11 bits per heavy atom. The fourth-order valence-electron chi connectivity index (χ4n) is 2.12. The van der Waals surface area contributed by atoms with Crippen LogP contribution in [0.5, 0.6) is 0 Å². The smallest absolute Gasteiger partial charge is 0.249 e. The van der Waals surface area contributed by atoms with Crippen molar-refractivity contribution in [2.75, 3.05) is 20.2 Å². The van der Waals surface area contributed by atoms with Gasteiger partial charge in [0.25, 0.3) is 0 Å². The second-order valence-corrected chi connectivity index (χ2v) is 5.90. The summed E-state index contributed by atoms with van der Waals surface area (Å²) in [4.78, 5) is 11.9. The Morgan fingerprint density at radius 1 is 1.47 bits per heavy atom. The molecule has 1 rings (SSSR count). The van der Waals surface area contributed by atoms with Crippen LogP contribution in [0.4, 0.5) is 0 Å². The lowest BCUT2D eigenvalue weighted by atomic mass is 9.89. The molecule has 1 aliphatic heterocycles. The number of hydrogen-bond acceptors (Lipinski definition) is 4. The fraction of sp³-hybridized carbons (Fsp3) is 0.923. The molecule has 19 heavy (non-hydrogen) atoms. The van der Waals surface area contributed by atoms with Crippen molar-refractivity contribution in [3.8, 4) is 0 Å². The van der Waals surface area contributed by atoms with E-state index in [4.69, 9.17) is 15.2 Å².